The molecule has 1 fully saturated rings. The van der Waals surface area contributed by atoms with Crippen LogP contribution < -0.4 is 10.4 Å². The van der Waals surface area contributed by atoms with E-state index < -0.39 is 0 Å². The van der Waals surface area contributed by atoms with Crippen LogP contribution in [0, 0.1) is 6.92 Å². The third-order valence-electron chi connectivity index (χ3n) is 2.77. The largest absolute Gasteiger partial charge is 0.372 e. The van der Waals surface area contributed by atoms with Gasteiger partial charge < -0.3 is 4.90 Å². The van der Waals surface area contributed by atoms with Crippen molar-refractivity contribution in [3.63, 3.8) is 0 Å². The summed E-state index contributed by atoms with van der Waals surface area (Å²) < 4.78 is 0. The van der Waals surface area contributed by atoms with Crippen LogP contribution in [-0.2, 0) is 0 Å². The molecule has 1 N–H and O–H groups in total. The number of nitrogens with zero attached hydrogens (tertiary/aromatic N) is 2. The molecule has 3 nitrogen and oxygen atoms in total. The summed E-state index contributed by atoms with van der Waals surface area (Å²) in [5.74, 6) is 0. The number of hydrogen-bond donors (Lipinski definition) is 1. The van der Waals surface area contributed by atoms with Gasteiger partial charge in [0.15, 0.2) is 0 Å². The molecule has 1 radical (unpaired) electrons. The first-order valence-electron chi connectivity index (χ1n) is 5.04. The molecule has 0 atom stereocenters. The lowest BCUT2D eigenvalue weighted by Gasteiger charge is -2.17. The van der Waals surface area contributed by atoms with E-state index in [4.69, 9.17) is 5.53 Å². The van der Waals surface area contributed by atoms with Crippen LogP contribution >= 0.6 is 0 Å². The standard InChI is InChI=1S/C11H15N3/c1-9-8-10(4-5-11(9)13-12)14-6-2-3-7-14/h4-5,8,12H,2-3,6-7H2,1H3/q+1. The summed E-state index contributed by atoms with van der Waals surface area (Å²) in [7, 11) is 0. The Kier molecular flexibility index (Phi) is 2.48. The minimum absolute atomic E-state index is 0.771. The second-order valence-corrected chi connectivity index (χ2v) is 3.78. The van der Waals surface area contributed by atoms with Crippen molar-refractivity contribution in [1.82, 2.24) is 0 Å². The highest BCUT2D eigenvalue weighted by atomic mass is 15.1. The molecular formula is C11H15N3+. The summed E-state index contributed by atoms with van der Waals surface area (Å²) in [6.45, 7) is 4.33. The van der Waals surface area contributed by atoms with Crippen LogP contribution in [0.15, 0.2) is 23.3 Å². The number of benzene rings is 1. The van der Waals surface area contributed by atoms with Crippen LogP contribution in [0.25, 0.3) is 0 Å². The maximum Gasteiger partial charge on any atom is 0.144 e. The first kappa shape index (κ1) is 9.19. The summed E-state index contributed by atoms with van der Waals surface area (Å²) >= 11 is 0. The third kappa shape index (κ3) is 1.62. The van der Waals surface area contributed by atoms with Crippen LogP contribution in [0.4, 0.5) is 11.4 Å². The maximum atomic E-state index is 6.98. The van der Waals surface area contributed by atoms with Crippen LogP contribution in [0.3, 0.4) is 0 Å². The van der Waals surface area contributed by atoms with E-state index >= 15 is 0 Å². The van der Waals surface area contributed by atoms with Gasteiger partial charge in [-0.15, -0.1) is 0 Å². The van der Waals surface area contributed by atoms with Crippen molar-refractivity contribution in [2.75, 3.05) is 18.0 Å². The van der Waals surface area contributed by atoms with Crippen LogP contribution in [0.5, 0.6) is 0 Å². The van der Waals surface area contributed by atoms with Gasteiger partial charge in [0.2, 0.25) is 0 Å². The van der Waals surface area contributed by atoms with Gasteiger partial charge in [-0.1, -0.05) is 0 Å². The molecular weight excluding hydrogens is 174 g/mol. The molecule has 0 aliphatic carbocycles. The fourth-order valence-corrected chi connectivity index (χ4v) is 1.94. The van der Waals surface area contributed by atoms with Gasteiger partial charge in [-0.2, -0.15) is 0 Å². The number of anilines is 1. The Morgan fingerprint density at radius 3 is 2.57 bits per heavy atom. The lowest BCUT2D eigenvalue weighted by molar-refractivity contribution is -0.210. The van der Waals surface area contributed by atoms with Crippen molar-refractivity contribution >= 4 is 11.4 Å². The van der Waals surface area contributed by atoms with E-state index in [1.54, 1.807) is 0 Å². The van der Waals surface area contributed by atoms with Gasteiger partial charge >= 0.3 is 0 Å². The highest BCUT2D eigenvalue weighted by Crippen LogP contribution is 2.26. The molecule has 0 aromatic heterocycles. The molecule has 14 heavy (non-hydrogen) atoms. The summed E-state index contributed by atoms with van der Waals surface area (Å²) in [5, 5.41) is 3.47. The van der Waals surface area contributed by atoms with Crippen molar-refractivity contribution in [2.45, 2.75) is 19.8 Å². The quantitative estimate of drug-likeness (QED) is 0.698. The van der Waals surface area contributed by atoms with Gasteiger partial charge in [-0.25, -0.2) is 0 Å². The molecule has 1 aliphatic heterocycles. The average Bonchev–Trinajstić information content (AvgIpc) is 2.70. The summed E-state index contributed by atoms with van der Waals surface area (Å²) in [6.07, 6.45) is 2.59. The molecule has 3 heteroatoms. The Labute approximate surface area is 84.2 Å². The molecule has 0 saturated carbocycles. The maximum absolute atomic E-state index is 6.98. The first-order chi connectivity index (χ1) is 6.81. The SMILES string of the molecule is Cc1cc(N2CCCC2)ccc1N=[NH+]. The number of aryl methyl sites for hydroxylation is 1. The second kappa shape index (κ2) is 3.78. The van der Waals surface area contributed by atoms with E-state index in [0.717, 1.165) is 24.3 Å². The van der Waals surface area contributed by atoms with Crippen molar-refractivity contribution in [1.29, 1.82) is 0 Å². The average molecular weight is 189 g/mol. The molecule has 0 spiro atoms. The summed E-state index contributed by atoms with van der Waals surface area (Å²) in [5.41, 5.74) is 10.1. The summed E-state index contributed by atoms with van der Waals surface area (Å²) in [6, 6.07) is 6.11. The third-order valence-corrected chi connectivity index (χ3v) is 2.77. The molecule has 1 aliphatic rings. The second-order valence-electron chi connectivity index (χ2n) is 3.78. The van der Waals surface area contributed by atoms with Gasteiger partial charge in [0.25, 0.3) is 0 Å². The van der Waals surface area contributed by atoms with Crippen molar-refractivity contribution in [2.24, 2.45) is 5.11 Å². The summed E-state index contributed by atoms with van der Waals surface area (Å²) in [4.78, 5) is 2.39. The van der Waals surface area contributed by atoms with Crippen molar-refractivity contribution < 1.29 is 5.53 Å². The Morgan fingerprint density at radius 1 is 1.29 bits per heavy atom. The van der Waals surface area contributed by atoms with Gasteiger partial charge in [-0.05, 0) is 43.5 Å². The highest BCUT2D eigenvalue weighted by Gasteiger charge is 2.13. The zero-order valence-electron chi connectivity index (χ0n) is 8.45. The molecule has 1 aromatic carbocycles. The van der Waals surface area contributed by atoms with E-state index in [1.807, 2.05) is 13.0 Å². The lowest BCUT2D eigenvalue weighted by atomic mass is 10.2. The van der Waals surface area contributed by atoms with Crippen molar-refractivity contribution in [3.8, 4) is 0 Å². The van der Waals surface area contributed by atoms with E-state index in [2.05, 4.69) is 22.1 Å². The molecule has 0 amide bonds. The molecule has 2 rings (SSSR count). The predicted molar refractivity (Wildman–Crippen MR) is 55.7 cm³/mol. The molecule has 73 valence electrons. The molecule has 1 saturated heterocycles. The predicted octanol–water partition coefficient (Wildman–Crippen LogP) is 1.22. The Hall–Kier alpha value is -1.38. The monoisotopic (exact) mass is 189 g/mol. The fraction of sp³-hybridized carbons (Fsp3) is 0.455. The number of rotatable bonds is 2. The smallest absolute Gasteiger partial charge is 0.144 e. The molecule has 1 heterocycles. The van der Waals surface area contributed by atoms with Gasteiger partial charge in [-0.3, -0.25) is 0 Å². The lowest BCUT2D eigenvalue weighted by Crippen LogP contribution is -2.22. The first-order valence-corrected chi connectivity index (χ1v) is 5.04. The van der Waals surface area contributed by atoms with Crippen LogP contribution in [-0.4, -0.2) is 13.1 Å². The molecule has 0 unspecified atom stereocenters. The normalized spacial score (nSPS) is 15.9. The van der Waals surface area contributed by atoms with Crippen LogP contribution in [0.2, 0.25) is 0 Å². The van der Waals surface area contributed by atoms with E-state index in [-0.39, 0.29) is 0 Å². The van der Waals surface area contributed by atoms with E-state index in [1.165, 1.54) is 18.5 Å². The zero-order valence-corrected chi connectivity index (χ0v) is 8.45. The topological polar surface area (TPSA) is 39.4 Å². The highest BCUT2D eigenvalue weighted by molar-refractivity contribution is 5.57. The fourth-order valence-electron chi connectivity index (χ4n) is 1.94. The number of hydrogen-bond acceptors (Lipinski definition) is 3. The number of nitrogens with one attached hydrogen (secondary N) is 1. The minimum Gasteiger partial charge on any atom is -0.372 e. The van der Waals surface area contributed by atoms with Gasteiger partial charge in [0.1, 0.15) is 11.2 Å². The Bertz CT molecular complexity index is 340. The van der Waals surface area contributed by atoms with Crippen molar-refractivity contribution in [3.05, 3.63) is 23.8 Å². The van der Waals surface area contributed by atoms with E-state index in [9.17, 15) is 0 Å². The molecule has 0 bridgehead atoms. The minimum atomic E-state index is 0.771. The molecule has 1 aromatic rings. The zero-order chi connectivity index (χ0) is 9.97. The Morgan fingerprint density at radius 2 is 2.00 bits per heavy atom. The Balaban J connectivity index is 2.27. The van der Waals surface area contributed by atoms with Gasteiger partial charge in [0, 0.05) is 18.8 Å². The van der Waals surface area contributed by atoms with E-state index in [0.29, 0.717) is 0 Å². The van der Waals surface area contributed by atoms with Crippen LogP contribution in [0.1, 0.15) is 18.4 Å². The van der Waals surface area contributed by atoms with Gasteiger partial charge in [0.05, 0.1) is 5.11 Å².